The predicted octanol–water partition coefficient (Wildman–Crippen LogP) is 3.10. The van der Waals surface area contributed by atoms with Crippen molar-refractivity contribution in [2.45, 2.75) is 10.4 Å². The lowest BCUT2D eigenvalue weighted by atomic mass is 10.2. The van der Waals surface area contributed by atoms with Gasteiger partial charge >= 0.3 is 5.51 Å². The summed E-state index contributed by atoms with van der Waals surface area (Å²) in [6.45, 7) is -0.195. The highest BCUT2D eigenvalue weighted by Crippen LogP contribution is 2.29. The molecule has 100 valence electrons. The summed E-state index contributed by atoms with van der Waals surface area (Å²) in [5.41, 5.74) is -4.57. The van der Waals surface area contributed by atoms with Crippen molar-refractivity contribution in [3.05, 3.63) is 29.6 Å². The number of hydrogen-bond acceptors (Lipinski definition) is 3. The molecule has 0 atom stereocenters. The minimum absolute atomic E-state index is 0.195. The van der Waals surface area contributed by atoms with Crippen molar-refractivity contribution in [1.82, 2.24) is 5.32 Å². The van der Waals surface area contributed by atoms with Crippen molar-refractivity contribution in [2.24, 2.45) is 0 Å². The van der Waals surface area contributed by atoms with Crippen LogP contribution >= 0.6 is 24.4 Å². The Morgan fingerprint density at radius 2 is 2.06 bits per heavy atom. The lowest BCUT2D eigenvalue weighted by Gasteiger charge is -2.08. The summed E-state index contributed by atoms with van der Waals surface area (Å²) in [5.74, 6) is -1.82. The molecule has 0 spiro atoms. The average Bonchev–Trinajstić information content (AvgIpc) is 2.26. The van der Waals surface area contributed by atoms with E-state index < -0.39 is 17.2 Å². The molecule has 1 N–H and O–H groups in total. The van der Waals surface area contributed by atoms with E-state index in [9.17, 15) is 22.4 Å². The summed E-state index contributed by atoms with van der Waals surface area (Å²) in [6, 6.07) is 3.65. The van der Waals surface area contributed by atoms with E-state index in [4.69, 9.17) is 0 Å². The molecule has 1 aromatic rings. The molecule has 0 heterocycles. The third-order valence-corrected chi connectivity index (χ3v) is 2.86. The summed E-state index contributed by atoms with van der Waals surface area (Å²) in [7, 11) is 0. The molecule has 1 amide bonds. The van der Waals surface area contributed by atoms with Gasteiger partial charge in [0.2, 0.25) is 0 Å². The second-order valence-corrected chi connectivity index (χ2v) is 4.89. The summed E-state index contributed by atoms with van der Waals surface area (Å²) in [4.78, 5) is 11.9. The highest BCUT2D eigenvalue weighted by molar-refractivity contribution is 8.00. The lowest BCUT2D eigenvalue weighted by molar-refractivity contribution is -0.0327. The van der Waals surface area contributed by atoms with E-state index in [-0.39, 0.29) is 29.6 Å². The molecule has 0 aliphatic carbocycles. The van der Waals surface area contributed by atoms with Gasteiger partial charge in [0.25, 0.3) is 5.91 Å². The highest BCUT2D eigenvalue weighted by Gasteiger charge is 2.27. The zero-order valence-electron chi connectivity index (χ0n) is 8.92. The average molecular weight is 299 g/mol. The van der Waals surface area contributed by atoms with Crippen LogP contribution in [0.25, 0.3) is 0 Å². The molecule has 0 bridgehead atoms. The Bertz CT molecular complexity index is 436. The molecule has 18 heavy (non-hydrogen) atoms. The summed E-state index contributed by atoms with van der Waals surface area (Å²) in [5, 5.41) is 2.21. The van der Waals surface area contributed by atoms with Crippen molar-refractivity contribution >= 4 is 30.3 Å². The predicted molar refractivity (Wildman–Crippen MR) is 64.5 cm³/mol. The Hall–Kier alpha value is -0.890. The molecular formula is C10H9F4NOS2. The summed E-state index contributed by atoms with van der Waals surface area (Å²) in [6.07, 6.45) is 0. The Kier molecular flexibility index (Phi) is 5.33. The van der Waals surface area contributed by atoms with E-state index in [1.54, 1.807) is 0 Å². The maximum atomic E-state index is 13.2. The molecule has 0 aliphatic rings. The molecule has 0 aromatic heterocycles. The summed E-state index contributed by atoms with van der Waals surface area (Å²) < 4.78 is 48.6. The molecule has 2 nitrogen and oxygen atoms in total. The lowest BCUT2D eigenvalue weighted by Crippen LogP contribution is -2.27. The Labute approximate surface area is 111 Å². The Morgan fingerprint density at radius 1 is 1.39 bits per heavy atom. The number of alkyl halides is 3. The largest absolute Gasteiger partial charge is 0.441 e. The second kappa shape index (κ2) is 6.33. The van der Waals surface area contributed by atoms with Crippen LogP contribution in [0.3, 0.4) is 0 Å². The number of rotatable bonds is 4. The van der Waals surface area contributed by atoms with Crippen LogP contribution in [0.5, 0.6) is 0 Å². The Balaban J connectivity index is 2.48. The number of thioether (sulfide) groups is 1. The number of halogens is 4. The van der Waals surface area contributed by atoms with Crippen LogP contribution in [-0.2, 0) is 0 Å². The first kappa shape index (κ1) is 15.2. The summed E-state index contributed by atoms with van der Waals surface area (Å²) >= 11 is 3.70. The fourth-order valence-electron chi connectivity index (χ4n) is 1.11. The van der Waals surface area contributed by atoms with Gasteiger partial charge in [0.1, 0.15) is 5.82 Å². The van der Waals surface area contributed by atoms with Gasteiger partial charge in [-0.25, -0.2) is 4.39 Å². The molecule has 0 aliphatic heterocycles. The van der Waals surface area contributed by atoms with Crippen LogP contribution in [0.4, 0.5) is 17.6 Å². The van der Waals surface area contributed by atoms with Crippen molar-refractivity contribution in [2.75, 3.05) is 12.3 Å². The van der Waals surface area contributed by atoms with Crippen molar-refractivity contribution in [1.29, 1.82) is 0 Å². The first-order valence-corrected chi connectivity index (χ1v) is 6.20. The minimum atomic E-state index is -4.33. The zero-order valence-corrected chi connectivity index (χ0v) is 10.6. The van der Waals surface area contributed by atoms with E-state index >= 15 is 0 Å². The Morgan fingerprint density at radius 3 is 2.67 bits per heavy atom. The number of benzene rings is 1. The fraction of sp³-hybridized carbons (Fsp3) is 0.300. The van der Waals surface area contributed by atoms with Crippen LogP contribution in [0.2, 0.25) is 0 Å². The van der Waals surface area contributed by atoms with Gasteiger partial charge in [0.05, 0.1) is 5.56 Å². The monoisotopic (exact) mass is 299 g/mol. The highest BCUT2D eigenvalue weighted by atomic mass is 32.2. The van der Waals surface area contributed by atoms with Crippen LogP contribution in [0.1, 0.15) is 10.4 Å². The van der Waals surface area contributed by atoms with E-state index in [0.29, 0.717) is 4.90 Å². The van der Waals surface area contributed by atoms with E-state index in [1.165, 1.54) is 12.1 Å². The molecule has 0 unspecified atom stereocenters. The number of carbonyl (C=O) groups excluding carboxylic acids is 1. The molecule has 1 aromatic carbocycles. The van der Waals surface area contributed by atoms with Crippen molar-refractivity contribution in [3.63, 3.8) is 0 Å². The van der Waals surface area contributed by atoms with Crippen molar-refractivity contribution < 1.29 is 22.4 Å². The van der Waals surface area contributed by atoms with Gasteiger partial charge in [-0.05, 0) is 30.0 Å². The van der Waals surface area contributed by atoms with Gasteiger partial charge in [-0.1, -0.05) is 0 Å². The first-order chi connectivity index (χ1) is 8.29. The first-order valence-electron chi connectivity index (χ1n) is 4.77. The standard InChI is InChI=1S/C10H9F4NOS2/c11-8-2-1-6(17)5-7(8)9(16)15-3-4-18-10(12,13)14/h1-2,5,17H,3-4H2,(H,15,16). The molecule has 0 saturated heterocycles. The minimum Gasteiger partial charge on any atom is -0.351 e. The van der Waals surface area contributed by atoms with Gasteiger partial charge in [0.15, 0.2) is 0 Å². The number of carbonyl (C=O) groups is 1. The molecule has 0 saturated carbocycles. The van der Waals surface area contributed by atoms with Crippen LogP contribution in [-0.4, -0.2) is 23.7 Å². The zero-order chi connectivity index (χ0) is 13.8. The maximum absolute atomic E-state index is 13.2. The molecule has 8 heteroatoms. The van der Waals surface area contributed by atoms with Crippen LogP contribution in [0.15, 0.2) is 23.1 Å². The van der Waals surface area contributed by atoms with Crippen LogP contribution in [0, 0.1) is 5.82 Å². The third-order valence-electron chi connectivity index (χ3n) is 1.85. The SMILES string of the molecule is O=C(NCCSC(F)(F)F)c1cc(S)ccc1F. The van der Waals surface area contributed by atoms with Crippen molar-refractivity contribution in [3.8, 4) is 0 Å². The van der Waals surface area contributed by atoms with E-state index in [2.05, 4.69) is 17.9 Å². The normalized spacial score (nSPS) is 11.4. The van der Waals surface area contributed by atoms with E-state index in [0.717, 1.165) is 6.07 Å². The number of thiol groups is 1. The fourth-order valence-corrected chi connectivity index (χ4v) is 1.75. The van der Waals surface area contributed by atoms with Gasteiger partial charge in [-0.3, -0.25) is 4.79 Å². The van der Waals surface area contributed by atoms with Gasteiger partial charge in [-0.15, -0.1) is 12.6 Å². The van der Waals surface area contributed by atoms with Gasteiger partial charge < -0.3 is 5.32 Å². The molecule has 0 radical (unpaired) electrons. The molecule has 0 fully saturated rings. The molecular weight excluding hydrogens is 290 g/mol. The third kappa shape index (κ3) is 5.18. The second-order valence-electron chi connectivity index (χ2n) is 3.21. The topological polar surface area (TPSA) is 29.1 Å². The van der Waals surface area contributed by atoms with E-state index in [1.807, 2.05) is 0 Å². The van der Waals surface area contributed by atoms with Gasteiger partial charge in [-0.2, -0.15) is 13.2 Å². The number of amides is 1. The number of nitrogens with one attached hydrogen (secondary N) is 1. The molecule has 1 rings (SSSR count). The van der Waals surface area contributed by atoms with Crippen LogP contribution < -0.4 is 5.32 Å². The van der Waals surface area contributed by atoms with Gasteiger partial charge in [0, 0.05) is 17.2 Å². The smallest absolute Gasteiger partial charge is 0.351 e. The quantitative estimate of drug-likeness (QED) is 0.508. The number of hydrogen-bond donors (Lipinski definition) is 2. The maximum Gasteiger partial charge on any atom is 0.441 e.